The molecule has 0 aromatic heterocycles. The minimum absolute atomic E-state index is 0.530. The third-order valence-corrected chi connectivity index (χ3v) is 3.66. The summed E-state index contributed by atoms with van der Waals surface area (Å²) in [6, 6.07) is 13.5. The molecule has 0 spiro atoms. The van der Waals surface area contributed by atoms with Crippen LogP contribution in [0.4, 0.5) is 5.69 Å². The number of halogens is 2. The van der Waals surface area contributed by atoms with Crippen LogP contribution in [0, 0.1) is 3.57 Å². The van der Waals surface area contributed by atoms with E-state index in [1.165, 1.54) is 0 Å². The van der Waals surface area contributed by atoms with Gasteiger partial charge >= 0.3 is 0 Å². The lowest BCUT2D eigenvalue weighted by Gasteiger charge is -2.12. The summed E-state index contributed by atoms with van der Waals surface area (Å²) in [4.78, 5) is 0. The predicted octanol–water partition coefficient (Wildman–Crippen LogP) is 4.44. The standard InChI is InChI=1S/C15H15ClINO2/c1-19-14-4-2-3-5-15(14)20-9-8-18-13-7-6-11(17)10-12(13)16/h2-7,10,18H,8-9H2,1H3. The fraction of sp³-hybridized carbons (Fsp3) is 0.200. The van der Waals surface area contributed by atoms with Crippen molar-refractivity contribution in [2.24, 2.45) is 0 Å². The fourth-order valence-electron chi connectivity index (χ4n) is 1.72. The second kappa shape index (κ2) is 7.59. The van der Waals surface area contributed by atoms with E-state index in [2.05, 4.69) is 27.9 Å². The second-order valence-corrected chi connectivity index (χ2v) is 5.70. The van der Waals surface area contributed by atoms with Gasteiger partial charge in [0, 0.05) is 10.1 Å². The Morgan fingerprint density at radius 2 is 1.90 bits per heavy atom. The van der Waals surface area contributed by atoms with Crippen molar-refractivity contribution < 1.29 is 9.47 Å². The van der Waals surface area contributed by atoms with Gasteiger partial charge in [-0.2, -0.15) is 0 Å². The van der Waals surface area contributed by atoms with Crippen molar-refractivity contribution in [3.63, 3.8) is 0 Å². The molecule has 2 aromatic rings. The summed E-state index contributed by atoms with van der Waals surface area (Å²) >= 11 is 8.38. The highest BCUT2D eigenvalue weighted by atomic mass is 127. The van der Waals surface area contributed by atoms with Crippen LogP contribution < -0.4 is 14.8 Å². The second-order valence-electron chi connectivity index (χ2n) is 4.05. The molecule has 2 rings (SSSR count). The van der Waals surface area contributed by atoms with Gasteiger partial charge in [-0.15, -0.1) is 0 Å². The van der Waals surface area contributed by atoms with Crippen molar-refractivity contribution in [2.75, 3.05) is 25.6 Å². The summed E-state index contributed by atoms with van der Waals surface area (Å²) in [6.45, 7) is 1.20. The van der Waals surface area contributed by atoms with E-state index >= 15 is 0 Å². The molecular formula is C15H15ClINO2. The van der Waals surface area contributed by atoms with Crippen molar-refractivity contribution in [1.29, 1.82) is 0 Å². The Morgan fingerprint density at radius 3 is 2.60 bits per heavy atom. The van der Waals surface area contributed by atoms with Crippen LogP contribution in [0.5, 0.6) is 11.5 Å². The van der Waals surface area contributed by atoms with Gasteiger partial charge in [-0.1, -0.05) is 23.7 Å². The van der Waals surface area contributed by atoms with E-state index in [4.69, 9.17) is 21.1 Å². The zero-order valence-corrected chi connectivity index (χ0v) is 13.9. The molecule has 0 amide bonds. The number of hydrogen-bond acceptors (Lipinski definition) is 3. The molecule has 0 radical (unpaired) electrons. The van der Waals surface area contributed by atoms with Crippen LogP contribution in [-0.2, 0) is 0 Å². The summed E-state index contributed by atoms with van der Waals surface area (Å²) in [5.41, 5.74) is 0.913. The Morgan fingerprint density at radius 1 is 1.15 bits per heavy atom. The number of nitrogens with one attached hydrogen (secondary N) is 1. The Balaban J connectivity index is 1.84. The van der Waals surface area contributed by atoms with Gasteiger partial charge in [0.1, 0.15) is 6.61 Å². The van der Waals surface area contributed by atoms with E-state index in [0.717, 1.165) is 20.8 Å². The van der Waals surface area contributed by atoms with E-state index in [-0.39, 0.29) is 0 Å². The molecule has 106 valence electrons. The van der Waals surface area contributed by atoms with Crippen LogP contribution in [0.2, 0.25) is 5.02 Å². The topological polar surface area (TPSA) is 30.5 Å². The molecule has 2 aromatic carbocycles. The largest absolute Gasteiger partial charge is 0.493 e. The Hall–Kier alpha value is -1.14. The van der Waals surface area contributed by atoms with Gasteiger partial charge in [0.05, 0.1) is 17.8 Å². The molecule has 0 atom stereocenters. The zero-order chi connectivity index (χ0) is 14.4. The van der Waals surface area contributed by atoms with E-state index in [1.54, 1.807) is 7.11 Å². The molecule has 20 heavy (non-hydrogen) atoms. The van der Waals surface area contributed by atoms with Crippen LogP contribution in [0.3, 0.4) is 0 Å². The van der Waals surface area contributed by atoms with Crippen molar-refractivity contribution in [3.05, 3.63) is 51.1 Å². The van der Waals surface area contributed by atoms with Gasteiger partial charge in [-0.25, -0.2) is 0 Å². The van der Waals surface area contributed by atoms with Crippen LogP contribution in [0.25, 0.3) is 0 Å². The highest BCUT2D eigenvalue weighted by Crippen LogP contribution is 2.26. The van der Waals surface area contributed by atoms with E-state index < -0.39 is 0 Å². The molecule has 0 aliphatic rings. The van der Waals surface area contributed by atoms with Crippen LogP contribution in [0.15, 0.2) is 42.5 Å². The average molecular weight is 404 g/mol. The van der Waals surface area contributed by atoms with Crippen molar-refractivity contribution in [2.45, 2.75) is 0 Å². The van der Waals surface area contributed by atoms with Crippen LogP contribution >= 0.6 is 34.2 Å². The van der Waals surface area contributed by atoms with Gasteiger partial charge in [0.25, 0.3) is 0 Å². The molecule has 5 heteroatoms. The molecule has 0 heterocycles. The normalized spacial score (nSPS) is 10.2. The molecule has 0 unspecified atom stereocenters. The maximum atomic E-state index is 6.15. The van der Waals surface area contributed by atoms with E-state index in [9.17, 15) is 0 Å². The van der Waals surface area contributed by atoms with Crippen LogP contribution in [-0.4, -0.2) is 20.3 Å². The Kier molecular flexibility index (Phi) is 5.79. The van der Waals surface area contributed by atoms with Crippen molar-refractivity contribution in [1.82, 2.24) is 0 Å². The number of methoxy groups -OCH3 is 1. The van der Waals surface area contributed by atoms with Crippen LogP contribution in [0.1, 0.15) is 0 Å². The number of para-hydroxylation sites is 2. The average Bonchev–Trinajstić information content (AvgIpc) is 2.46. The molecule has 0 aliphatic carbocycles. The van der Waals surface area contributed by atoms with Gasteiger partial charge in [-0.05, 0) is 52.9 Å². The first-order valence-corrected chi connectivity index (χ1v) is 7.61. The first-order valence-electron chi connectivity index (χ1n) is 6.15. The maximum Gasteiger partial charge on any atom is 0.161 e. The highest BCUT2D eigenvalue weighted by molar-refractivity contribution is 14.1. The monoisotopic (exact) mass is 403 g/mol. The maximum absolute atomic E-state index is 6.15. The Bertz CT molecular complexity index is 578. The highest BCUT2D eigenvalue weighted by Gasteiger charge is 2.03. The van der Waals surface area contributed by atoms with Crippen molar-refractivity contribution in [3.8, 4) is 11.5 Å². The molecule has 0 aliphatic heterocycles. The number of hydrogen-bond donors (Lipinski definition) is 1. The van der Waals surface area contributed by atoms with Gasteiger partial charge in [0.2, 0.25) is 0 Å². The molecule has 0 saturated carbocycles. The molecule has 0 saturated heterocycles. The fourth-order valence-corrected chi connectivity index (χ4v) is 2.64. The van der Waals surface area contributed by atoms with E-state index in [0.29, 0.717) is 18.2 Å². The van der Waals surface area contributed by atoms with Crippen molar-refractivity contribution >= 4 is 39.9 Å². The lowest BCUT2D eigenvalue weighted by atomic mass is 10.3. The summed E-state index contributed by atoms with van der Waals surface area (Å²) < 4.78 is 12.0. The number of ether oxygens (including phenoxy) is 2. The number of rotatable bonds is 6. The number of benzene rings is 2. The molecule has 1 N–H and O–H groups in total. The third-order valence-electron chi connectivity index (χ3n) is 2.68. The Labute approximate surface area is 137 Å². The molecule has 3 nitrogen and oxygen atoms in total. The third kappa shape index (κ3) is 4.18. The molecule has 0 fully saturated rings. The first kappa shape index (κ1) is 15.3. The SMILES string of the molecule is COc1ccccc1OCCNc1ccc(I)cc1Cl. The minimum Gasteiger partial charge on any atom is -0.493 e. The zero-order valence-electron chi connectivity index (χ0n) is 11.0. The predicted molar refractivity (Wildman–Crippen MR) is 91.1 cm³/mol. The summed E-state index contributed by atoms with van der Waals surface area (Å²) in [5.74, 6) is 1.48. The summed E-state index contributed by atoms with van der Waals surface area (Å²) in [6.07, 6.45) is 0. The lowest BCUT2D eigenvalue weighted by Crippen LogP contribution is -2.12. The van der Waals surface area contributed by atoms with E-state index in [1.807, 2.05) is 42.5 Å². The van der Waals surface area contributed by atoms with Gasteiger partial charge in [0.15, 0.2) is 11.5 Å². The van der Waals surface area contributed by atoms with Gasteiger partial charge in [-0.3, -0.25) is 0 Å². The molecular weight excluding hydrogens is 389 g/mol. The van der Waals surface area contributed by atoms with Gasteiger partial charge < -0.3 is 14.8 Å². The minimum atomic E-state index is 0.530. The summed E-state index contributed by atoms with van der Waals surface area (Å²) in [7, 11) is 1.63. The first-order chi connectivity index (χ1) is 9.70. The number of anilines is 1. The lowest BCUT2D eigenvalue weighted by molar-refractivity contribution is 0.306. The summed E-state index contributed by atoms with van der Waals surface area (Å²) in [5, 5.41) is 3.96. The molecule has 0 bridgehead atoms. The smallest absolute Gasteiger partial charge is 0.161 e. The quantitative estimate of drug-likeness (QED) is 0.571.